The molecule has 0 spiro atoms. The van der Waals surface area contributed by atoms with Crippen LogP contribution in [0.3, 0.4) is 0 Å². The number of hydrogen-bond donors (Lipinski definition) is 3. The maximum atomic E-state index is 12.5. The second-order valence-corrected chi connectivity index (χ2v) is 6.24. The number of para-hydroxylation sites is 1. The van der Waals surface area contributed by atoms with E-state index in [1.165, 1.54) is 0 Å². The Morgan fingerprint density at radius 1 is 1.15 bits per heavy atom. The lowest BCUT2D eigenvalue weighted by Gasteiger charge is -2.14. The van der Waals surface area contributed by atoms with Gasteiger partial charge in [-0.1, -0.05) is 18.2 Å². The first-order chi connectivity index (χ1) is 13.1. The van der Waals surface area contributed by atoms with Crippen molar-refractivity contribution in [3.05, 3.63) is 53.6 Å². The van der Waals surface area contributed by atoms with E-state index in [1.54, 1.807) is 32.4 Å². The summed E-state index contributed by atoms with van der Waals surface area (Å²) in [4.78, 5) is 12.5. The number of amides is 1. The fourth-order valence-electron chi connectivity index (χ4n) is 2.57. The Morgan fingerprint density at radius 3 is 2.59 bits per heavy atom. The molecule has 6 nitrogen and oxygen atoms in total. The normalized spacial score (nSPS) is 11.6. The quantitative estimate of drug-likeness (QED) is 0.542. The summed E-state index contributed by atoms with van der Waals surface area (Å²) < 4.78 is 10.5. The third-order valence-electron chi connectivity index (χ3n) is 4.03. The molecule has 1 atom stereocenters. The highest BCUT2D eigenvalue weighted by Crippen LogP contribution is 2.27. The number of carbonyl (C=O) groups is 1. The SMILES string of the molecule is COc1ccc(CCNC(=O)c2ccccc2NCC(O)CCl)cc1OC. The molecule has 27 heavy (non-hydrogen) atoms. The van der Waals surface area contributed by atoms with Crippen LogP contribution >= 0.6 is 11.6 Å². The summed E-state index contributed by atoms with van der Waals surface area (Å²) in [5, 5.41) is 15.6. The van der Waals surface area contributed by atoms with Crippen molar-refractivity contribution in [1.82, 2.24) is 5.32 Å². The minimum Gasteiger partial charge on any atom is -0.493 e. The molecule has 146 valence electrons. The molecule has 0 aliphatic rings. The number of carbonyl (C=O) groups excluding carboxylic acids is 1. The van der Waals surface area contributed by atoms with Gasteiger partial charge in [0.1, 0.15) is 0 Å². The van der Waals surface area contributed by atoms with Gasteiger partial charge in [-0.25, -0.2) is 0 Å². The zero-order valence-electron chi connectivity index (χ0n) is 15.5. The number of aliphatic hydroxyl groups is 1. The minimum absolute atomic E-state index is 0.132. The van der Waals surface area contributed by atoms with Crippen molar-refractivity contribution in [2.24, 2.45) is 0 Å². The average Bonchev–Trinajstić information content (AvgIpc) is 2.71. The van der Waals surface area contributed by atoms with Crippen LogP contribution in [-0.4, -0.2) is 50.3 Å². The first-order valence-electron chi connectivity index (χ1n) is 8.65. The number of methoxy groups -OCH3 is 2. The maximum absolute atomic E-state index is 12.5. The van der Waals surface area contributed by atoms with Crippen LogP contribution in [0, 0.1) is 0 Å². The number of rotatable bonds is 10. The molecule has 0 aliphatic heterocycles. The lowest BCUT2D eigenvalue weighted by Crippen LogP contribution is -2.27. The van der Waals surface area contributed by atoms with Gasteiger partial charge in [0.25, 0.3) is 5.91 Å². The molecule has 0 fully saturated rings. The predicted molar refractivity (Wildman–Crippen MR) is 107 cm³/mol. The van der Waals surface area contributed by atoms with E-state index >= 15 is 0 Å². The molecule has 2 aromatic carbocycles. The molecular weight excluding hydrogens is 368 g/mol. The smallest absolute Gasteiger partial charge is 0.253 e. The van der Waals surface area contributed by atoms with Crippen molar-refractivity contribution in [2.45, 2.75) is 12.5 Å². The topological polar surface area (TPSA) is 79.8 Å². The van der Waals surface area contributed by atoms with Crippen LogP contribution in [-0.2, 0) is 6.42 Å². The molecular formula is C20H25ClN2O4. The fraction of sp³-hybridized carbons (Fsp3) is 0.350. The van der Waals surface area contributed by atoms with Gasteiger partial charge in [0.05, 0.1) is 31.8 Å². The van der Waals surface area contributed by atoms with Crippen molar-refractivity contribution in [1.29, 1.82) is 0 Å². The predicted octanol–water partition coefficient (Wildman–Crippen LogP) is 2.69. The largest absolute Gasteiger partial charge is 0.493 e. The highest BCUT2D eigenvalue weighted by molar-refractivity contribution is 6.18. The van der Waals surface area contributed by atoms with E-state index in [4.69, 9.17) is 21.1 Å². The monoisotopic (exact) mass is 392 g/mol. The molecule has 0 aliphatic carbocycles. The molecule has 0 bridgehead atoms. The lowest BCUT2D eigenvalue weighted by atomic mass is 10.1. The number of ether oxygens (including phenoxy) is 2. The molecule has 0 saturated heterocycles. The molecule has 0 radical (unpaired) electrons. The second kappa shape index (κ2) is 10.6. The van der Waals surface area contributed by atoms with Crippen molar-refractivity contribution in [3.63, 3.8) is 0 Å². The molecule has 0 heterocycles. The molecule has 0 aromatic heterocycles. The molecule has 2 aromatic rings. The van der Waals surface area contributed by atoms with Crippen LogP contribution in [0.15, 0.2) is 42.5 Å². The zero-order valence-corrected chi connectivity index (χ0v) is 16.3. The Morgan fingerprint density at radius 2 is 1.89 bits per heavy atom. The van der Waals surface area contributed by atoms with Gasteiger partial charge < -0.3 is 25.2 Å². The van der Waals surface area contributed by atoms with Crippen LogP contribution in [0.1, 0.15) is 15.9 Å². The summed E-state index contributed by atoms with van der Waals surface area (Å²) in [5.74, 6) is 1.28. The number of benzene rings is 2. The molecule has 0 saturated carbocycles. The van der Waals surface area contributed by atoms with Gasteiger partial charge in [-0.05, 0) is 36.2 Å². The number of alkyl halides is 1. The molecule has 7 heteroatoms. The Kier molecular flexibility index (Phi) is 8.23. The van der Waals surface area contributed by atoms with Gasteiger partial charge in [-0.2, -0.15) is 0 Å². The fourth-order valence-corrected chi connectivity index (χ4v) is 2.68. The molecule has 1 amide bonds. The van der Waals surface area contributed by atoms with Crippen LogP contribution < -0.4 is 20.1 Å². The standard InChI is InChI=1S/C20H25ClN2O4/c1-26-18-8-7-14(11-19(18)27-2)9-10-22-20(25)16-5-3-4-6-17(16)23-13-15(24)12-21/h3-8,11,15,23-24H,9-10,12-13H2,1-2H3,(H,22,25). The van der Waals surface area contributed by atoms with Crippen molar-refractivity contribution in [2.75, 3.05) is 38.5 Å². The lowest BCUT2D eigenvalue weighted by molar-refractivity contribution is 0.0954. The molecule has 2 rings (SSSR count). The average molecular weight is 393 g/mol. The van der Waals surface area contributed by atoms with E-state index < -0.39 is 6.10 Å². The highest BCUT2D eigenvalue weighted by Gasteiger charge is 2.12. The first-order valence-corrected chi connectivity index (χ1v) is 9.18. The summed E-state index contributed by atoms with van der Waals surface area (Å²) in [6, 6.07) is 12.8. The number of nitrogens with one attached hydrogen (secondary N) is 2. The maximum Gasteiger partial charge on any atom is 0.253 e. The zero-order chi connectivity index (χ0) is 19.6. The van der Waals surface area contributed by atoms with Gasteiger partial charge in [0, 0.05) is 18.8 Å². The Hall–Kier alpha value is -2.44. The van der Waals surface area contributed by atoms with E-state index in [9.17, 15) is 9.90 Å². The van der Waals surface area contributed by atoms with Crippen LogP contribution in [0.2, 0.25) is 0 Å². The number of anilines is 1. The van der Waals surface area contributed by atoms with Crippen LogP contribution in [0.4, 0.5) is 5.69 Å². The molecule has 1 unspecified atom stereocenters. The third-order valence-corrected chi connectivity index (χ3v) is 4.38. The number of aliphatic hydroxyl groups excluding tert-OH is 1. The summed E-state index contributed by atoms with van der Waals surface area (Å²) >= 11 is 5.60. The summed E-state index contributed by atoms with van der Waals surface area (Å²) in [5.41, 5.74) is 2.21. The van der Waals surface area contributed by atoms with E-state index in [0.717, 1.165) is 5.56 Å². The Bertz CT molecular complexity index is 755. The van der Waals surface area contributed by atoms with Gasteiger partial charge >= 0.3 is 0 Å². The van der Waals surface area contributed by atoms with Crippen molar-refractivity contribution >= 4 is 23.2 Å². The Balaban J connectivity index is 1.94. The summed E-state index contributed by atoms with van der Waals surface area (Å²) in [6.07, 6.45) is -0.0139. The number of halogens is 1. The second-order valence-electron chi connectivity index (χ2n) is 5.93. The minimum atomic E-state index is -0.673. The van der Waals surface area contributed by atoms with Crippen molar-refractivity contribution in [3.8, 4) is 11.5 Å². The van der Waals surface area contributed by atoms with Gasteiger partial charge in [0.2, 0.25) is 0 Å². The van der Waals surface area contributed by atoms with E-state index in [1.807, 2.05) is 24.3 Å². The first kappa shape index (κ1) is 20.9. The Labute approximate surface area is 164 Å². The van der Waals surface area contributed by atoms with Crippen molar-refractivity contribution < 1.29 is 19.4 Å². The van der Waals surface area contributed by atoms with Gasteiger partial charge in [0.15, 0.2) is 11.5 Å². The van der Waals surface area contributed by atoms with Crippen LogP contribution in [0.25, 0.3) is 0 Å². The summed E-state index contributed by atoms with van der Waals surface area (Å²) in [6.45, 7) is 0.756. The third kappa shape index (κ3) is 6.05. The van der Waals surface area contributed by atoms with Crippen LogP contribution in [0.5, 0.6) is 11.5 Å². The van der Waals surface area contributed by atoms with E-state index in [-0.39, 0.29) is 18.3 Å². The molecule has 3 N–H and O–H groups in total. The highest BCUT2D eigenvalue weighted by atomic mass is 35.5. The number of hydrogen-bond acceptors (Lipinski definition) is 5. The van der Waals surface area contributed by atoms with E-state index in [2.05, 4.69) is 10.6 Å². The van der Waals surface area contributed by atoms with Gasteiger partial charge in [-0.3, -0.25) is 4.79 Å². The van der Waals surface area contributed by atoms with Gasteiger partial charge in [-0.15, -0.1) is 11.6 Å². The van der Waals surface area contributed by atoms with E-state index in [0.29, 0.717) is 35.7 Å². The summed E-state index contributed by atoms with van der Waals surface area (Å²) in [7, 11) is 3.18.